The third kappa shape index (κ3) is 5.04. The number of carbonyl (C=O) groups is 2. The number of nitrogens with one attached hydrogen (secondary N) is 1. The fraction of sp³-hybridized carbons (Fsp3) is 0.273. The quantitative estimate of drug-likeness (QED) is 0.615. The summed E-state index contributed by atoms with van der Waals surface area (Å²) in [6.45, 7) is 0. The number of carbonyl (C=O) groups excluding carboxylic acids is 1. The molecule has 8 heteroatoms. The molecule has 2 N–H and O–H groups in total. The molecule has 0 unspecified atom stereocenters. The van der Waals surface area contributed by atoms with Crippen LogP contribution < -0.4 is 5.32 Å². The summed E-state index contributed by atoms with van der Waals surface area (Å²) in [6, 6.07) is 4.27. The van der Waals surface area contributed by atoms with Gasteiger partial charge >= 0.3 is 5.97 Å². The number of carboxylic acids is 1. The smallest absolute Gasteiger partial charge is 0.303 e. The van der Waals surface area contributed by atoms with Crippen LogP contribution in [0.2, 0.25) is 0 Å². The molecule has 0 heterocycles. The van der Waals surface area contributed by atoms with Crippen LogP contribution in [-0.2, 0) is 9.59 Å². The molecule has 102 valence electrons. The zero-order valence-corrected chi connectivity index (χ0v) is 11.3. The maximum atomic E-state index is 11.5. The minimum Gasteiger partial charge on any atom is -0.481 e. The van der Waals surface area contributed by atoms with Gasteiger partial charge in [0.05, 0.1) is 4.92 Å². The third-order valence-corrected chi connectivity index (χ3v) is 2.72. The number of benzene rings is 1. The van der Waals surface area contributed by atoms with Crippen LogP contribution in [0.5, 0.6) is 0 Å². The molecule has 1 aromatic carbocycles. The molecule has 7 nitrogen and oxygen atoms in total. The fourth-order valence-electron chi connectivity index (χ4n) is 1.37. The van der Waals surface area contributed by atoms with Crippen LogP contribution in [-0.4, -0.2) is 21.9 Å². The van der Waals surface area contributed by atoms with Gasteiger partial charge in [-0.2, -0.15) is 0 Å². The first-order valence-electron chi connectivity index (χ1n) is 5.35. The Hall–Kier alpha value is -1.96. The number of nitrogens with zero attached hydrogens (tertiary/aromatic N) is 1. The first kappa shape index (κ1) is 15.1. The van der Waals surface area contributed by atoms with Gasteiger partial charge < -0.3 is 10.4 Å². The Bertz CT molecular complexity index is 518. The Morgan fingerprint density at radius 1 is 1.37 bits per heavy atom. The molecule has 0 saturated heterocycles. The average Bonchev–Trinajstić information content (AvgIpc) is 2.30. The predicted molar refractivity (Wildman–Crippen MR) is 70.9 cm³/mol. The first-order chi connectivity index (χ1) is 8.90. The molecule has 0 spiro atoms. The summed E-state index contributed by atoms with van der Waals surface area (Å²) in [4.78, 5) is 32.0. The van der Waals surface area contributed by atoms with Crippen LogP contribution >= 0.6 is 15.9 Å². The Morgan fingerprint density at radius 2 is 2.05 bits per heavy atom. The predicted octanol–water partition coefficient (Wildman–Crippen LogP) is 2.55. The minimum absolute atomic E-state index is 0.000478. The van der Waals surface area contributed by atoms with Crippen LogP contribution in [0.1, 0.15) is 19.3 Å². The number of carboxylic acid groups (broad SMARTS) is 1. The molecule has 1 rings (SSSR count). The Balaban J connectivity index is 2.68. The van der Waals surface area contributed by atoms with Crippen molar-refractivity contribution in [2.45, 2.75) is 19.3 Å². The summed E-state index contributed by atoms with van der Waals surface area (Å²) >= 11 is 3.11. The Labute approximate surface area is 116 Å². The third-order valence-electron chi connectivity index (χ3n) is 2.23. The lowest BCUT2D eigenvalue weighted by molar-refractivity contribution is -0.384. The highest BCUT2D eigenvalue weighted by Crippen LogP contribution is 2.28. The number of anilines is 1. The van der Waals surface area contributed by atoms with Crippen LogP contribution in [0.3, 0.4) is 0 Å². The summed E-state index contributed by atoms with van der Waals surface area (Å²) in [5.74, 6) is -1.44. The first-order valence-corrected chi connectivity index (χ1v) is 6.15. The van der Waals surface area contributed by atoms with Crippen molar-refractivity contribution in [1.29, 1.82) is 0 Å². The van der Waals surface area contributed by atoms with Crippen LogP contribution in [0.4, 0.5) is 11.4 Å². The van der Waals surface area contributed by atoms with Gasteiger partial charge in [0.1, 0.15) is 5.69 Å². The highest BCUT2D eigenvalue weighted by atomic mass is 79.9. The van der Waals surface area contributed by atoms with E-state index in [9.17, 15) is 19.7 Å². The zero-order chi connectivity index (χ0) is 14.4. The van der Waals surface area contributed by atoms with Crippen molar-refractivity contribution in [2.24, 2.45) is 0 Å². The molecule has 1 amide bonds. The van der Waals surface area contributed by atoms with Crippen molar-refractivity contribution >= 4 is 39.2 Å². The maximum absolute atomic E-state index is 11.5. The van der Waals surface area contributed by atoms with Gasteiger partial charge in [0.2, 0.25) is 5.91 Å². The molecular weight excluding hydrogens is 320 g/mol. The molecule has 1 aromatic rings. The Morgan fingerprint density at radius 3 is 2.63 bits per heavy atom. The number of rotatable bonds is 6. The molecule has 0 aliphatic carbocycles. The Kier molecular flexibility index (Phi) is 5.43. The number of hydrogen-bond acceptors (Lipinski definition) is 4. The average molecular weight is 331 g/mol. The van der Waals surface area contributed by atoms with Crippen molar-refractivity contribution in [2.75, 3.05) is 5.32 Å². The van der Waals surface area contributed by atoms with Crippen LogP contribution in [0.25, 0.3) is 0 Å². The number of aliphatic carboxylic acids is 1. The number of nitro groups is 1. The second-order valence-electron chi connectivity index (χ2n) is 3.71. The molecule has 19 heavy (non-hydrogen) atoms. The van der Waals surface area contributed by atoms with Crippen molar-refractivity contribution in [1.82, 2.24) is 0 Å². The number of hydrogen-bond donors (Lipinski definition) is 2. The summed E-state index contributed by atoms with van der Waals surface area (Å²) in [5.41, 5.74) is -0.130. The lowest BCUT2D eigenvalue weighted by atomic mass is 10.2. The van der Waals surface area contributed by atoms with E-state index in [1.807, 2.05) is 0 Å². The molecule has 0 fully saturated rings. The van der Waals surface area contributed by atoms with Crippen LogP contribution in [0.15, 0.2) is 22.7 Å². The molecule has 0 aliphatic rings. The highest BCUT2D eigenvalue weighted by molar-refractivity contribution is 9.10. The fourth-order valence-corrected chi connectivity index (χ4v) is 1.72. The van der Waals surface area contributed by atoms with Crippen molar-refractivity contribution in [3.05, 3.63) is 32.8 Å². The lowest BCUT2D eigenvalue weighted by Gasteiger charge is -2.05. The van der Waals surface area contributed by atoms with E-state index in [-0.39, 0.29) is 30.6 Å². The molecule has 0 aliphatic heterocycles. The van der Waals surface area contributed by atoms with E-state index in [1.54, 1.807) is 6.07 Å². The van der Waals surface area contributed by atoms with E-state index in [1.165, 1.54) is 12.1 Å². The number of amides is 1. The van der Waals surface area contributed by atoms with E-state index in [2.05, 4.69) is 21.2 Å². The van der Waals surface area contributed by atoms with Gasteiger partial charge in [-0.15, -0.1) is 0 Å². The maximum Gasteiger partial charge on any atom is 0.303 e. The van der Waals surface area contributed by atoms with Crippen molar-refractivity contribution in [3.8, 4) is 0 Å². The summed E-state index contributed by atoms with van der Waals surface area (Å²) in [7, 11) is 0. The molecular formula is C11H11BrN2O5. The lowest BCUT2D eigenvalue weighted by Crippen LogP contribution is -2.13. The standard InChI is InChI=1S/C11H11BrN2O5/c12-7-4-5-8(9(6-7)14(18)19)13-10(15)2-1-3-11(16)17/h4-6H,1-3H2,(H,13,15)(H,16,17). The molecule has 0 saturated carbocycles. The second kappa shape index (κ2) is 6.83. The summed E-state index contributed by atoms with van der Waals surface area (Å²) < 4.78 is 0.531. The zero-order valence-electron chi connectivity index (χ0n) is 9.76. The van der Waals surface area contributed by atoms with Gasteiger partial charge in [-0.3, -0.25) is 19.7 Å². The van der Waals surface area contributed by atoms with Gasteiger partial charge in [-0.1, -0.05) is 15.9 Å². The summed E-state index contributed by atoms with van der Waals surface area (Å²) in [6.07, 6.45) is 0.0703. The topological polar surface area (TPSA) is 110 Å². The van der Waals surface area contributed by atoms with Gasteiger partial charge in [-0.05, 0) is 18.6 Å². The van der Waals surface area contributed by atoms with E-state index in [4.69, 9.17) is 5.11 Å². The van der Waals surface area contributed by atoms with Crippen molar-refractivity contribution < 1.29 is 19.6 Å². The van der Waals surface area contributed by atoms with E-state index < -0.39 is 16.8 Å². The summed E-state index contributed by atoms with van der Waals surface area (Å²) in [5, 5.41) is 21.7. The monoisotopic (exact) mass is 330 g/mol. The minimum atomic E-state index is -0.984. The number of halogens is 1. The van der Waals surface area contributed by atoms with Crippen LogP contribution in [0, 0.1) is 10.1 Å². The van der Waals surface area contributed by atoms with E-state index >= 15 is 0 Å². The van der Waals surface area contributed by atoms with Gasteiger partial charge in [0.25, 0.3) is 5.69 Å². The van der Waals surface area contributed by atoms with Gasteiger partial charge in [0, 0.05) is 23.4 Å². The van der Waals surface area contributed by atoms with Gasteiger partial charge in [-0.25, -0.2) is 0 Å². The van der Waals surface area contributed by atoms with Gasteiger partial charge in [0.15, 0.2) is 0 Å². The van der Waals surface area contributed by atoms with E-state index in [0.29, 0.717) is 4.47 Å². The largest absolute Gasteiger partial charge is 0.481 e. The van der Waals surface area contributed by atoms with Crippen molar-refractivity contribution in [3.63, 3.8) is 0 Å². The SMILES string of the molecule is O=C(O)CCCC(=O)Nc1ccc(Br)cc1[N+](=O)[O-]. The number of nitro benzene ring substituents is 1. The highest BCUT2D eigenvalue weighted by Gasteiger charge is 2.16. The normalized spacial score (nSPS) is 9.95. The molecule has 0 aromatic heterocycles. The van der Waals surface area contributed by atoms with E-state index in [0.717, 1.165) is 0 Å². The molecule has 0 bridgehead atoms. The molecule has 0 radical (unpaired) electrons. The second-order valence-corrected chi connectivity index (χ2v) is 4.63. The molecule has 0 atom stereocenters.